The monoisotopic (exact) mass is 327 g/mol. The second kappa shape index (κ2) is 9.46. The first-order chi connectivity index (χ1) is 10.9. The highest BCUT2D eigenvalue weighted by molar-refractivity contribution is 5.68. The maximum atomic E-state index is 12.3. The quantitative estimate of drug-likeness (QED) is 0.418. The van der Waals surface area contributed by atoms with Crippen molar-refractivity contribution in [2.45, 2.75) is 45.3 Å². The van der Waals surface area contributed by atoms with Gasteiger partial charge in [-0.25, -0.2) is 10.3 Å². The van der Waals surface area contributed by atoms with Crippen molar-refractivity contribution in [1.82, 2.24) is 15.5 Å². The highest BCUT2D eigenvalue weighted by Crippen LogP contribution is 2.14. The van der Waals surface area contributed by atoms with Crippen molar-refractivity contribution in [3.05, 3.63) is 11.9 Å². The van der Waals surface area contributed by atoms with Crippen LogP contribution in [0.15, 0.2) is 17.0 Å². The zero-order valence-corrected chi connectivity index (χ0v) is 14.3. The number of aliphatic hydroxyl groups excluding tert-OH is 1. The predicted octanol–water partition coefficient (Wildman–Crippen LogP) is 1.43. The summed E-state index contributed by atoms with van der Waals surface area (Å²) in [6.45, 7) is 8.33. The topological polar surface area (TPSA) is 110 Å². The van der Waals surface area contributed by atoms with Gasteiger partial charge in [-0.3, -0.25) is 0 Å². The van der Waals surface area contributed by atoms with Gasteiger partial charge in [0.25, 0.3) is 0 Å². The zero-order chi connectivity index (χ0) is 17.3. The molecule has 1 heterocycles. The minimum atomic E-state index is -0.498. The number of nitrogens with one attached hydrogen (secondary N) is 3. The van der Waals surface area contributed by atoms with Gasteiger partial charge in [-0.2, -0.15) is 5.11 Å². The predicted molar refractivity (Wildman–Crippen MR) is 87.2 cm³/mol. The van der Waals surface area contributed by atoms with Crippen LogP contribution in [0, 0.1) is 5.53 Å². The molecule has 1 saturated heterocycles. The fraction of sp³-hybridized carbons (Fsp3) is 0.800. The van der Waals surface area contributed by atoms with E-state index in [1.54, 1.807) is 11.1 Å². The van der Waals surface area contributed by atoms with Crippen LogP contribution in [0.3, 0.4) is 0 Å². The van der Waals surface area contributed by atoms with E-state index in [4.69, 9.17) is 15.4 Å². The lowest BCUT2D eigenvalue weighted by molar-refractivity contribution is 0.0113. The summed E-state index contributed by atoms with van der Waals surface area (Å²) < 4.78 is 5.46. The van der Waals surface area contributed by atoms with Crippen molar-refractivity contribution in [2.75, 3.05) is 32.8 Å². The summed E-state index contributed by atoms with van der Waals surface area (Å²) in [5, 5.41) is 18.5. The van der Waals surface area contributed by atoms with Crippen molar-refractivity contribution in [3.63, 3.8) is 0 Å². The minimum Gasteiger partial charge on any atom is -0.444 e. The molecule has 4 N–H and O–H groups in total. The van der Waals surface area contributed by atoms with Crippen molar-refractivity contribution < 1.29 is 14.6 Å². The van der Waals surface area contributed by atoms with Crippen molar-refractivity contribution in [1.29, 1.82) is 5.53 Å². The van der Waals surface area contributed by atoms with Crippen LogP contribution in [0.4, 0.5) is 4.79 Å². The number of nitrogens with zero attached hydrogens (tertiary/aromatic N) is 2. The molecule has 1 atom stereocenters. The van der Waals surface area contributed by atoms with Gasteiger partial charge in [-0.1, -0.05) is 0 Å². The summed E-state index contributed by atoms with van der Waals surface area (Å²) >= 11 is 0. The molecule has 1 amide bonds. The van der Waals surface area contributed by atoms with Gasteiger partial charge in [-0.15, -0.1) is 0 Å². The first-order valence-corrected chi connectivity index (χ1v) is 7.98. The van der Waals surface area contributed by atoms with Gasteiger partial charge in [0.05, 0.1) is 5.70 Å². The number of hydrogen-bond donors (Lipinski definition) is 4. The molecule has 1 fully saturated rings. The number of hydrogen-bond acceptors (Lipinski definition) is 7. The van der Waals surface area contributed by atoms with Crippen LogP contribution in [0.25, 0.3) is 0 Å². The highest BCUT2D eigenvalue weighted by Gasteiger charge is 2.29. The molecule has 1 aliphatic rings. The second-order valence-electron chi connectivity index (χ2n) is 6.50. The van der Waals surface area contributed by atoms with E-state index in [0.29, 0.717) is 25.2 Å². The van der Waals surface area contributed by atoms with Crippen molar-refractivity contribution in [2.24, 2.45) is 5.11 Å². The minimum absolute atomic E-state index is 0.0329. The largest absolute Gasteiger partial charge is 0.444 e. The van der Waals surface area contributed by atoms with Gasteiger partial charge in [0, 0.05) is 51.4 Å². The zero-order valence-electron chi connectivity index (χ0n) is 14.3. The van der Waals surface area contributed by atoms with Crippen LogP contribution in [-0.2, 0) is 4.74 Å². The molecule has 0 bridgehead atoms. The molecule has 1 rings (SSSR count). The van der Waals surface area contributed by atoms with E-state index in [1.807, 2.05) is 20.8 Å². The number of piperazine rings is 1. The Morgan fingerprint density at radius 1 is 1.57 bits per heavy atom. The summed E-state index contributed by atoms with van der Waals surface area (Å²) in [5.41, 5.74) is 6.99. The molecule has 0 aromatic carbocycles. The Morgan fingerprint density at radius 3 is 2.91 bits per heavy atom. The van der Waals surface area contributed by atoms with Crippen molar-refractivity contribution >= 4 is 6.09 Å². The Kier molecular flexibility index (Phi) is 7.97. The van der Waals surface area contributed by atoms with Gasteiger partial charge in [0.1, 0.15) is 5.60 Å². The Balaban J connectivity index is 2.49. The molecule has 1 aliphatic heterocycles. The third-order valence-corrected chi connectivity index (χ3v) is 3.38. The fourth-order valence-corrected chi connectivity index (χ4v) is 2.29. The summed E-state index contributed by atoms with van der Waals surface area (Å²) in [5.74, 6) is 0. The molecule has 0 aromatic rings. The van der Waals surface area contributed by atoms with Crippen LogP contribution in [0.1, 0.15) is 33.6 Å². The van der Waals surface area contributed by atoms with Crippen LogP contribution in [-0.4, -0.2) is 60.5 Å². The van der Waals surface area contributed by atoms with Gasteiger partial charge in [-0.05, 0) is 27.2 Å². The van der Waals surface area contributed by atoms with Gasteiger partial charge in [0.15, 0.2) is 0 Å². The Labute approximate surface area is 137 Å². The van der Waals surface area contributed by atoms with E-state index in [0.717, 1.165) is 19.5 Å². The Bertz CT molecular complexity index is 420. The average molecular weight is 327 g/mol. The van der Waals surface area contributed by atoms with Crippen molar-refractivity contribution in [3.8, 4) is 0 Å². The lowest BCUT2D eigenvalue weighted by Crippen LogP contribution is -2.55. The molecule has 0 saturated carbocycles. The van der Waals surface area contributed by atoms with Crippen LogP contribution in [0.5, 0.6) is 0 Å². The highest BCUT2D eigenvalue weighted by atomic mass is 16.6. The summed E-state index contributed by atoms with van der Waals surface area (Å²) in [7, 11) is 0. The Hall–Kier alpha value is -1.67. The molecular weight excluding hydrogens is 298 g/mol. The van der Waals surface area contributed by atoms with E-state index in [2.05, 4.69) is 15.7 Å². The maximum Gasteiger partial charge on any atom is 0.410 e. The van der Waals surface area contributed by atoms with E-state index in [9.17, 15) is 4.79 Å². The Morgan fingerprint density at radius 2 is 2.30 bits per heavy atom. The average Bonchev–Trinajstić information content (AvgIpc) is 2.49. The van der Waals surface area contributed by atoms with Crippen LogP contribution in [0.2, 0.25) is 0 Å². The molecule has 0 aliphatic carbocycles. The molecule has 8 nitrogen and oxygen atoms in total. The smallest absolute Gasteiger partial charge is 0.410 e. The standard InChI is InChI=1S/C15H29N5O3/c1-15(2,3)23-14(22)20-8-7-18-11-13(20)4-6-17-10-12(19-16)5-9-21/h10,13,16-18,21H,4-9,11H2,1-3H3/b12-10-,19-16?/t13-/m1/s1. The molecule has 8 heteroatoms. The van der Waals surface area contributed by atoms with Gasteiger partial charge >= 0.3 is 6.09 Å². The molecule has 0 unspecified atom stereocenters. The molecule has 0 aromatic heterocycles. The number of carbonyl (C=O) groups excluding carboxylic acids is 1. The van der Waals surface area contributed by atoms with E-state index in [1.165, 1.54) is 0 Å². The molecule has 132 valence electrons. The number of aliphatic hydroxyl groups is 1. The summed E-state index contributed by atoms with van der Waals surface area (Å²) in [4.78, 5) is 14.0. The first-order valence-electron chi connectivity index (χ1n) is 7.98. The number of rotatable bonds is 7. The first kappa shape index (κ1) is 19.4. The number of carbonyl (C=O) groups is 1. The molecule has 0 radical (unpaired) electrons. The third-order valence-electron chi connectivity index (χ3n) is 3.38. The summed E-state index contributed by atoms with van der Waals surface area (Å²) in [6, 6.07) is 0.0636. The van der Waals surface area contributed by atoms with E-state index >= 15 is 0 Å². The summed E-state index contributed by atoms with van der Waals surface area (Å²) in [6.07, 6.45) is 2.47. The van der Waals surface area contributed by atoms with E-state index < -0.39 is 5.60 Å². The van der Waals surface area contributed by atoms with Gasteiger partial charge < -0.3 is 25.4 Å². The fourth-order valence-electron chi connectivity index (χ4n) is 2.29. The number of ether oxygens (including phenoxy) is 1. The molecular formula is C15H29N5O3. The maximum absolute atomic E-state index is 12.3. The van der Waals surface area contributed by atoms with Crippen LogP contribution < -0.4 is 10.6 Å². The molecule has 0 spiro atoms. The second-order valence-corrected chi connectivity index (χ2v) is 6.50. The SMILES string of the molecule is CC(C)(C)OC(=O)N1CCNC[C@H]1CCN/C=C(/CCO)N=N. The number of amides is 1. The lowest BCUT2D eigenvalue weighted by Gasteiger charge is -2.37. The molecule has 23 heavy (non-hydrogen) atoms. The third kappa shape index (κ3) is 7.43. The normalized spacial score (nSPS) is 19.4. The van der Waals surface area contributed by atoms with Gasteiger partial charge in [0.2, 0.25) is 0 Å². The van der Waals surface area contributed by atoms with E-state index in [-0.39, 0.29) is 18.7 Å². The van der Waals surface area contributed by atoms with Crippen LogP contribution >= 0.6 is 0 Å². The lowest BCUT2D eigenvalue weighted by atomic mass is 10.1.